The Morgan fingerprint density at radius 3 is 2.83 bits per heavy atom. The van der Waals surface area contributed by atoms with Gasteiger partial charge < -0.3 is 9.63 Å². The predicted molar refractivity (Wildman–Crippen MR) is 90.2 cm³/mol. The average Bonchev–Trinajstić information content (AvgIpc) is 3.04. The molecule has 0 fully saturated rings. The summed E-state index contributed by atoms with van der Waals surface area (Å²) < 4.78 is 5.33. The van der Waals surface area contributed by atoms with Crippen LogP contribution in [-0.4, -0.2) is 38.3 Å². The average molecular weight is 345 g/mol. The molecule has 24 heavy (non-hydrogen) atoms. The molecule has 0 radical (unpaired) electrons. The van der Waals surface area contributed by atoms with Gasteiger partial charge in [0.15, 0.2) is 0 Å². The lowest BCUT2D eigenvalue weighted by molar-refractivity contribution is 0.167. The van der Waals surface area contributed by atoms with E-state index < -0.39 is 0 Å². The van der Waals surface area contributed by atoms with Crippen LogP contribution in [-0.2, 0) is 13.1 Å². The monoisotopic (exact) mass is 344 g/mol. The molecule has 0 amide bonds. The van der Waals surface area contributed by atoms with Crippen molar-refractivity contribution in [2.24, 2.45) is 0 Å². The molecule has 7 heteroatoms. The van der Waals surface area contributed by atoms with Crippen molar-refractivity contribution in [1.29, 1.82) is 0 Å². The Bertz CT molecular complexity index is 779. The molecular formula is C17H17ClN4O2. The highest BCUT2D eigenvalue weighted by molar-refractivity contribution is 6.30. The van der Waals surface area contributed by atoms with Gasteiger partial charge in [-0.15, -0.1) is 0 Å². The maximum atomic E-state index is 9.27. The van der Waals surface area contributed by atoms with Crippen LogP contribution in [0.4, 0.5) is 0 Å². The lowest BCUT2D eigenvalue weighted by Crippen LogP contribution is -2.26. The van der Waals surface area contributed by atoms with Gasteiger partial charge in [-0.3, -0.25) is 9.88 Å². The number of benzene rings is 1. The molecule has 0 saturated heterocycles. The second kappa shape index (κ2) is 8.01. The third-order valence-electron chi connectivity index (χ3n) is 3.45. The zero-order valence-electron chi connectivity index (χ0n) is 13.0. The van der Waals surface area contributed by atoms with Gasteiger partial charge in [0.1, 0.15) is 0 Å². The van der Waals surface area contributed by atoms with E-state index in [0.717, 1.165) is 11.1 Å². The first-order valence-corrected chi connectivity index (χ1v) is 7.93. The summed E-state index contributed by atoms with van der Waals surface area (Å²) in [7, 11) is 0. The van der Waals surface area contributed by atoms with Crippen LogP contribution in [0.5, 0.6) is 0 Å². The number of aliphatic hydroxyl groups is 1. The number of nitrogens with zero attached hydrogens (tertiary/aromatic N) is 4. The number of hydrogen-bond donors (Lipinski definition) is 1. The summed E-state index contributed by atoms with van der Waals surface area (Å²) >= 11 is 5.99. The van der Waals surface area contributed by atoms with Crippen molar-refractivity contribution in [1.82, 2.24) is 20.0 Å². The largest absolute Gasteiger partial charge is 0.395 e. The summed E-state index contributed by atoms with van der Waals surface area (Å²) in [5.41, 5.74) is 1.86. The van der Waals surface area contributed by atoms with Crippen LogP contribution in [0.25, 0.3) is 11.4 Å². The van der Waals surface area contributed by atoms with Crippen LogP contribution in [0.3, 0.4) is 0 Å². The molecule has 0 spiro atoms. The van der Waals surface area contributed by atoms with Crippen LogP contribution in [0.2, 0.25) is 5.02 Å². The Labute approximate surface area is 144 Å². The maximum absolute atomic E-state index is 9.27. The number of halogens is 1. The molecule has 0 unspecified atom stereocenters. The molecule has 1 N–H and O–H groups in total. The van der Waals surface area contributed by atoms with Gasteiger partial charge in [0.05, 0.1) is 13.2 Å². The predicted octanol–water partition coefficient (Wildman–Crippen LogP) is 2.78. The first-order chi connectivity index (χ1) is 11.7. The summed E-state index contributed by atoms with van der Waals surface area (Å²) in [6.45, 7) is 1.64. The molecule has 1 aromatic carbocycles. The molecule has 124 valence electrons. The van der Waals surface area contributed by atoms with E-state index >= 15 is 0 Å². The Morgan fingerprint density at radius 2 is 2.08 bits per heavy atom. The van der Waals surface area contributed by atoms with E-state index in [-0.39, 0.29) is 6.61 Å². The molecule has 0 aliphatic heterocycles. The lowest BCUT2D eigenvalue weighted by Gasteiger charge is -2.18. The zero-order chi connectivity index (χ0) is 16.8. The van der Waals surface area contributed by atoms with Gasteiger partial charge in [0, 0.05) is 36.1 Å². The van der Waals surface area contributed by atoms with Crippen LogP contribution < -0.4 is 0 Å². The summed E-state index contributed by atoms with van der Waals surface area (Å²) in [6, 6.07) is 11.2. The van der Waals surface area contributed by atoms with Crippen molar-refractivity contribution < 1.29 is 9.63 Å². The molecule has 2 aromatic heterocycles. The van der Waals surface area contributed by atoms with E-state index in [1.165, 1.54) is 0 Å². The Kier molecular flexibility index (Phi) is 5.53. The van der Waals surface area contributed by atoms with Crippen LogP contribution in [0, 0.1) is 0 Å². The number of hydrogen-bond acceptors (Lipinski definition) is 6. The minimum atomic E-state index is 0.0511. The summed E-state index contributed by atoms with van der Waals surface area (Å²) in [5.74, 6) is 0.986. The van der Waals surface area contributed by atoms with Gasteiger partial charge >= 0.3 is 0 Å². The third-order valence-corrected chi connectivity index (χ3v) is 3.69. The van der Waals surface area contributed by atoms with Gasteiger partial charge in [-0.05, 0) is 23.8 Å². The van der Waals surface area contributed by atoms with Crippen molar-refractivity contribution in [2.75, 3.05) is 13.2 Å². The van der Waals surface area contributed by atoms with E-state index in [2.05, 4.69) is 15.1 Å². The topological polar surface area (TPSA) is 75.3 Å². The standard InChI is InChI=1S/C17H17ClN4O2/c18-15-5-1-4-14(9-15)17-20-16(24-21-17)12-22(7-8-23)11-13-3-2-6-19-10-13/h1-6,9-10,23H,7-8,11-12H2. The second-order valence-corrected chi connectivity index (χ2v) is 5.75. The first kappa shape index (κ1) is 16.6. The quantitative estimate of drug-likeness (QED) is 0.710. The molecule has 0 atom stereocenters. The fourth-order valence-corrected chi connectivity index (χ4v) is 2.55. The fourth-order valence-electron chi connectivity index (χ4n) is 2.36. The van der Waals surface area contributed by atoms with E-state index in [1.54, 1.807) is 24.5 Å². The highest BCUT2D eigenvalue weighted by Crippen LogP contribution is 2.20. The smallest absolute Gasteiger partial charge is 0.241 e. The second-order valence-electron chi connectivity index (χ2n) is 5.32. The van der Waals surface area contributed by atoms with Crippen LogP contribution >= 0.6 is 11.6 Å². The third kappa shape index (κ3) is 4.38. The minimum absolute atomic E-state index is 0.0511. The molecular weight excluding hydrogens is 328 g/mol. The highest BCUT2D eigenvalue weighted by atomic mass is 35.5. The molecule has 0 saturated carbocycles. The summed E-state index contributed by atoms with van der Waals surface area (Å²) in [4.78, 5) is 10.5. The molecule has 0 aliphatic carbocycles. The summed E-state index contributed by atoms with van der Waals surface area (Å²) in [5, 5.41) is 13.9. The lowest BCUT2D eigenvalue weighted by atomic mass is 10.2. The van der Waals surface area contributed by atoms with Crippen molar-refractivity contribution in [2.45, 2.75) is 13.1 Å². The van der Waals surface area contributed by atoms with Crippen molar-refractivity contribution in [3.63, 3.8) is 0 Å². The van der Waals surface area contributed by atoms with E-state index in [1.807, 2.05) is 29.2 Å². The minimum Gasteiger partial charge on any atom is -0.395 e. The Hall–Kier alpha value is -2.28. The van der Waals surface area contributed by atoms with Crippen molar-refractivity contribution >= 4 is 11.6 Å². The number of pyridine rings is 1. The molecule has 2 heterocycles. The highest BCUT2D eigenvalue weighted by Gasteiger charge is 2.13. The van der Waals surface area contributed by atoms with Gasteiger partial charge in [-0.25, -0.2) is 0 Å². The number of aliphatic hydroxyl groups excluding tert-OH is 1. The summed E-state index contributed by atoms with van der Waals surface area (Å²) in [6.07, 6.45) is 3.53. The van der Waals surface area contributed by atoms with Gasteiger partial charge in [0.2, 0.25) is 11.7 Å². The Balaban J connectivity index is 1.71. The van der Waals surface area contributed by atoms with E-state index in [0.29, 0.717) is 36.4 Å². The zero-order valence-corrected chi connectivity index (χ0v) is 13.7. The van der Waals surface area contributed by atoms with Gasteiger partial charge in [0.25, 0.3) is 0 Å². The number of rotatable bonds is 7. The number of aromatic nitrogens is 3. The van der Waals surface area contributed by atoms with E-state index in [9.17, 15) is 5.11 Å². The van der Waals surface area contributed by atoms with Gasteiger partial charge in [-0.2, -0.15) is 4.98 Å². The fraction of sp³-hybridized carbons (Fsp3) is 0.235. The first-order valence-electron chi connectivity index (χ1n) is 7.55. The molecule has 6 nitrogen and oxygen atoms in total. The normalized spacial score (nSPS) is 11.1. The Morgan fingerprint density at radius 1 is 1.17 bits per heavy atom. The maximum Gasteiger partial charge on any atom is 0.241 e. The van der Waals surface area contributed by atoms with Crippen molar-refractivity contribution in [3.05, 3.63) is 65.3 Å². The van der Waals surface area contributed by atoms with Gasteiger partial charge in [-0.1, -0.05) is 35.0 Å². The molecule has 3 rings (SSSR count). The van der Waals surface area contributed by atoms with Crippen molar-refractivity contribution in [3.8, 4) is 11.4 Å². The molecule has 3 aromatic rings. The van der Waals surface area contributed by atoms with Crippen LogP contribution in [0.15, 0.2) is 53.3 Å². The molecule has 0 bridgehead atoms. The van der Waals surface area contributed by atoms with E-state index in [4.69, 9.17) is 16.1 Å². The van der Waals surface area contributed by atoms with Crippen LogP contribution in [0.1, 0.15) is 11.5 Å². The molecule has 0 aliphatic rings. The SMILES string of the molecule is OCCN(Cc1cccnc1)Cc1nc(-c2cccc(Cl)c2)no1.